The van der Waals surface area contributed by atoms with Gasteiger partial charge in [0.2, 0.25) is 0 Å². The summed E-state index contributed by atoms with van der Waals surface area (Å²) in [6, 6.07) is 11.5. The highest BCUT2D eigenvalue weighted by Gasteiger charge is 2.13. The van der Waals surface area contributed by atoms with Crippen LogP contribution in [0.5, 0.6) is 0 Å². The van der Waals surface area contributed by atoms with Gasteiger partial charge in [0.15, 0.2) is 5.82 Å². The average molecular weight is 290 g/mol. The first kappa shape index (κ1) is 14.8. The van der Waals surface area contributed by atoms with Crippen molar-refractivity contribution in [2.45, 2.75) is 30.2 Å². The number of rotatable bonds is 5. The van der Waals surface area contributed by atoms with Gasteiger partial charge >= 0.3 is 0 Å². The maximum Gasteiger partial charge on any atom is 0.162 e. The molecular formula is C14H18N4OS. The van der Waals surface area contributed by atoms with Crippen LogP contribution >= 0.6 is 11.8 Å². The molecule has 5 nitrogen and oxygen atoms in total. The molecule has 0 radical (unpaired) electrons. The topological polar surface area (TPSA) is 84.1 Å². The van der Waals surface area contributed by atoms with Crippen LogP contribution in [0.3, 0.4) is 0 Å². The normalized spacial score (nSPS) is 13.8. The number of nitrogens with zero attached hydrogens (tertiary/aromatic N) is 2. The third-order valence-corrected chi connectivity index (χ3v) is 4.08. The zero-order valence-corrected chi connectivity index (χ0v) is 12.3. The fraction of sp³-hybridized carbons (Fsp3) is 0.286. The number of hydrogen-bond acceptors (Lipinski definition) is 6. The van der Waals surface area contributed by atoms with Crippen LogP contribution in [-0.4, -0.2) is 26.4 Å². The number of nitrogens with two attached hydrogens (primary N) is 1. The van der Waals surface area contributed by atoms with Crippen molar-refractivity contribution < 1.29 is 5.11 Å². The summed E-state index contributed by atoms with van der Waals surface area (Å²) in [5, 5.41) is 10.4. The summed E-state index contributed by atoms with van der Waals surface area (Å²) in [5.41, 5.74) is 3.48. The van der Waals surface area contributed by atoms with Crippen LogP contribution in [0.25, 0.3) is 11.4 Å². The summed E-state index contributed by atoms with van der Waals surface area (Å²) in [5.74, 6) is 6.62. The van der Waals surface area contributed by atoms with Gasteiger partial charge in [-0.3, -0.25) is 0 Å². The fourth-order valence-corrected chi connectivity index (χ4v) is 2.46. The molecular weight excluding hydrogens is 272 g/mol. The zero-order valence-electron chi connectivity index (χ0n) is 11.4. The van der Waals surface area contributed by atoms with Crippen molar-refractivity contribution in [3.05, 3.63) is 36.4 Å². The Morgan fingerprint density at radius 2 is 1.90 bits per heavy atom. The predicted molar refractivity (Wildman–Crippen MR) is 82.3 cm³/mol. The maximum atomic E-state index is 9.59. The second-order valence-corrected chi connectivity index (χ2v) is 5.89. The van der Waals surface area contributed by atoms with Crippen LogP contribution < -0.4 is 11.3 Å². The third kappa shape index (κ3) is 3.69. The Labute approximate surface area is 122 Å². The minimum absolute atomic E-state index is 0.0409. The van der Waals surface area contributed by atoms with E-state index in [2.05, 4.69) is 15.4 Å². The van der Waals surface area contributed by atoms with Crippen LogP contribution in [0.2, 0.25) is 0 Å². The number of aliphatic hydroxyl groups is 1. The van der Waals surface area contributed by atoms with Crippen molar-refractivity contribution in [3.63, 3.8) is 0 Å². The first-order chi connectivity index (χ1) is 9.60. The van der Waals surface area contributed by atoms with E-state index in [1.165, 1.54) is 11.8 Å². The quantitative estimate of drug-likeness (QED) is 0.339. The lowest BCUT2D eigenvalue weighted by atomic mass is 10.2. The minimum atomic E-state index is -0.413. The van der Waals surface area contributed by atoms with Crippen molar-refractivity contribution in [2.24, 2.45) is 5.84 Å². The van der Waals surface area contributed by atoms with E-state index in [0.29, 0.717) is 11.6 Å². The van der Waals surface area contributed by atoms with E-state index < -0.39 is 6.10 Å². The second kappa shape index (κ2) is 6.69. The van der Waals surface area contributed by atoms with Gasteiger partial charge < -0.3 is 10.5 Å². The molecule has 2 unspecified atom stereocenters. The lowest BCUT2D eigenvalue weighted by Gasteiger charge is -2.14. The van der Waals surface area contributed by atoms with Crippen molar-refractivity contribution in [2.75, 3.05) is 5.43 Å². The van der Waals surface area contributed by atoms with Crippen LogP contribution in [-0.2, 0) is 0 Å². The molecule has 20 heavy (non-hydrogen) atoms. The summed E-state index contributed by atoms with van der Waals surface area (Å²) in [7, 11) is 0. The fourth-order valence-electron chi connectivity index (χ4n) is 1.56. The molecule has 106 valence electrons. The monoisotopic (exact) mass is 290 g/mol. The molecule has 2 rings (SSSR count). The lowest BCUT2D eigenvalue weighted by molar-refractivity contribution is 0.196. The second-order valence-electron chi connectivity index (χ2n) is 4.49. The van der Waals surface area contributed by atoms with Gasteiger partial charge in [-0.2, -0.15) is 0 Å². The number of anilines is 1. The molecule has 2 aromatic rings. The number of hydrogen-bond donors (Lipinski definition) is 3. The van der Waals surface area contributed by atoms with Crippen molar-refractivity contribution in [1.82, 2.24) is 9.97 Å². The molecule has 0 bridgehead atoms. The zero-order chi connectivity index (χ0) is 14.5. The van der Waals surface area contributed by atoms with E-state index in [1.807, 2.05) is 37.3 Å². The molecule has 0 amide bonds. The van der Waals surface area contributed by atoms with E-state index >= 15 is 0 Å². The molecule has 1 heterocycles. The van der Waals surface area contributed by atoms with Crippen molar-refractivity contribution >= 4 is 17.6 Å². The Balaban J connectivity index is 2.34. The molecule has 0 aliphatic carbocycles. The van der Waals surface area contributed by atoms with Crippen LogP contribution in [0.4, 0.5) is 5.82 Å². The van der Waals surface area contributed by atoms with E-state index in [9.17, 15) is 5.11 Å². The van der Waals surface area contributed by atoms with Crippen molar-refractivity contribution in [3.8, 4) is 11.4 Å². The standard InChI is InChI=1S/C14H18N4OS/c1-9(19)10(2)20-13-8-12(18-15)16-14(17-13)11-6-4-3-5-7-11/h3-10,19H,15H2,1-2H3,(H,16,17,18). The molecule has 1 aromatic carbocycles. The van der Waals surface area contributed by atoms with E-state index in [-0.39, 0.29) is 5.25 Å². The van der Waals surface area contributed by atoms with Gasteiger partial charge in [0, 0.05) is 16.9 Å². The highest BCUT2D eigenvalue weighted by molar-refractivity contribution is 7.99. The number of aromatic nitrogens is 2. The largest absolute Gasteiger partial charge is 0.392 e. The predicted octanol–water partition coefficient (Wildman–Crippen LogP) is 2.29. The molecule has 6 heteroatoms. The Morgan fingerprint density at radius 3 is 2.50 bits per heavy atom. The van der Waals surface area contributed by atoms with Gasteiger partial charge in [0.1, 0.15) is 10.8 Å². The Morgan fingerprint density at radius 1 is 1.20 bits per heavy atom. The Kier molecular flexibility index (Phi) is 4.94. The summed E-state index contributed by atoms with van der Waals surface area (Å²) >= 11 is 1.49. The highest BCUT2D eigenvalue weighted by Crippen LogP contribution is 2.27. The van der Waals surface area contributed by atoms with Crippen LogP contribution in [0.15, 0.2) is 41.4 Å². The SMILES string of the molecule is CC(O)C(C)Sc1cc(NN)nc(-c2ccccc2)n1. The number of aliphatic hydroxyl groups excluding tert-OH is 1. The Bertz CT molecular complexity index is 562. The van der Waals surface area contributed by atoms with E-state index in [1.54, 1.807) is 13.0 Å². The number of nitrogens with one attached hydrogen (secondary N) is 1. The summed E-state index contributed by atoms with van der Waals surface area (Å²) in [6.07, 6.45) is -0.413. The van der Waals surface area contributed by atoms with Gasteiger partial charge in [-0.25, -0.2) is 15.8 Å². The average Bonchev–Trinajstić information content (AvgIpc) is 2.47. The molecule has 0 saturated carbocycles. The number of thioether (sulfide) groups is 1. The molecule has 0 aliphatic heterocycles. The molecule has 0 spiro atoms. The van der Waals surface area contributed by atoms with Gasteiger partial charge in [-0.15, -0.1) is 11.8 Å². The van der Waals surface area contributed by atoms with E-state index in [4.69, 9.17) is 5.84 Å². The van der Waals surface area contributed by atoms with Gasteiger partial charge in [-0.1, -0.05) is 37.3 Å². The lowest BCUT2D eigenvalue weighted by Crippen LogP contribution is -2.16. The van der Waals surface area contributed by atoms with E-state index in [0.717, 1.165) is 10.6 Å². The van der Waals surface area contributed by atoms with Crippen LogP contribution in [0.1, 0.15) is 13.8 Å². The highest BCUT2D eigenvalue weighted by atomic mass is 32.2. The molecule has 0 aliphatic rings. The first-order valence-corrected chi connectivity index (χ1v) is 7.24. The summed E-state index contributed by atoms with van der Waals surface area (Å²) in [6.45, 7) is 3.72. The molecule has 0 fully saturated rings. The van der Waals surface area contributed by atoms with Crippen molar-refractivity contribution in [1.29, 1.82) is 0 Å². The maximum absolute atomic E-state index is 9.59. The summed E-state index contributed by atoms with van der Waals surface area (Å²) in [4.78, 5) is 8.87. The van der Waals surface area contributed by atoms with Crippen LogP contribution in [0, 0.1) is 0 Å². The first-order valence-electron chi connectivity index (χ1n) is 6.36. The molecule has 2 atom stereocenters. The third-order valence-electron chi connectivity index (χ3n) is 2.87. The minimum Gasteiger partial charge on any atom is -0.392 e. The number of nitrogen functional groups attached to an aromatic ring is 1. The van der Waals surface area contributed by atoms with Gasteiger partial charge in [0.05, 0.1) is 6.10 Å². The Hall–Kier alpha value is -1.63. The van der Waals surface area contributed by atoms with Gasteiger partial charge in [-0.05, 0) is 6.92 Å². The van der Waals surface area contributed by atoms with Gasteiger partial charge in [0.25, 0.3) is 0 Å². The number of hydrazine groups is 1. The molecule has 0 saturated heterocycles. The number of benzene rings is 1. The summed E-state index contributed by atoms with van der Waals surface area (Å²) < 4.78 is 0. The molecule has 4 N–H and O–H groups in total. The molecule has 1 aromatic heterocycles. The smallest absolute Gasteiger partial charge is 0.162 e.